The molecule has 1 amide bonds. The lowest BCUT2D eigenvalue weighted by atomic mass is 10.1. The van der Waals surface area contributed by atoms with Gasteiger partial charge in [-0.2, -0.15) is 8.78 Å². The largest absolute Gasteiger partial charge is 0.434 e. The van der Waals surface area contributed by atoms with E-state index in [1.165, 1.54) is 12.1 Å². The molecule has 2 heterocycles. The molecule has 2 aliphatic heterocycles. The highest BCUT2D eigenvalue weighted by atomic mass is 19.3. The predicted molar refractivity (Wildman–Crippen MR) is 103 cm³/mol. The van der Waals surface area contributed by atoms with Crippen LogP contribution in [0.3, 0.4) is 0 Å². The van der Waals surface area contributed by atoms with Gasteiger partial charge in [-0.15, -0.1) is 0 Å². The summed E-state index contributed by atoms with van der Waals surface area (Å²) >= 11 is 0. The first-order valence-corrected chi connectivity index (χ1v) is 9.82. The SMILES string of the molecule is CC1CN(CC2CCCN2C(=O)/C=C/c2ccccc2OC(F)F)CC(C)O1. The van der Waals surface area contributed by atoms with Gasteiger partial charge in [0.2, 0.25) is 5.91 Å². The number of carbonyl (C=O) groups is 1. The first kappa shape index (κ1) is 20.7. The van der Waals surface area contributed by atoms with Gasteiger partial charge in [-0.25, -0.2) is 0 Å². The van der Waals surface area contributed by atoms with Crippen LogP contribution < -0.4 is 4.74 Å². The predicted octanol–water partition coefficient (Wildman–Crippen LogP) is 3.40. The second-order valence-electron chi connectivity index (χ2n) is 7.55. The number of halogens is 2. The molecule has 7 heteroatoms. The Morgan fingerprint density at radius 1 is 1.29 bits per heavy atom. The summed E-state index contributed by atoms with van der Waals surface area (Å²) < 4.78 is 35.4. The van der Waals surface area contributed by atoms with Crippen molar-refractivity contribution in [2.45, 2.75) is 51.6 Å². The van der Waals surface area contributed by atoms with Gasteiger partial charge in [-0.3, -0.25) is 9.69 Å². The third-order valence-corrected chi connectivity index (χ3v) is 5.16. The molecule has 2 saturated heterocycles. The second-order valence-corrected chi connectivity index (χ2v) is 7.55. The Bertz CT molecular complexity index is 688. The summed E-state index contributed by atoms with van der Waals surface area (Å²) in [6.45, 7) is 4.55. The Kier molecular flexibility index (Phi) is 7.02. The molecular formula is C21H28F2N2O3. The molecule has 154 valence electrons. The molecule has 0 aromatic heterocycles. The van der Waals surface area contributed by atoms with E-state index in [0.717, 1.165) is 39.0 Å². The molecule has 2 fully saturated rings. The van der Waals surface area contributed by atoms with Crippen LogP contribution in [0.15, 0.2) is 30.3 Å². The molecule has 3 rings (SSSR count). The number of ether oxygens (including phenoxy) is 2. The lowest BCUT2D eigenvalue weighted by Gasteiger charge is -2.38. The molecule has 2 aliphatic rings. The summed E-state index contributed by atoms with van der Waals surface area (Å²) in [6, 6.07) is 6.64. The monoisotopic (exact) mass is 394 g/mol. The average molecular weight is 394 g/mol. The zero-order valence-electron chi connectivity index (χ0n) is 16.4. The maximum Gasteiger partial charge on any atom is 0.387 e. The summed E-state index contributed by atoms with van der Waals surface area (Å²) in [5.41, 5.74) is 0.461. The molecule has 1 aromatic carbocycles. The smallest absolute Gasteiger partial charge is 0.387 e. The minimum absolute atomic E-state index is 0.0656. The van der Waals surface area contributed by atoms with Crippen LogP contribution in [0.5, 0.6) is 5.75 Å². The summed E-state index contributed by atoms with van der Waals surface area (Å²) in [7, 11) is 0. The van der Waals surface area contributed by atoms with Crippen molar-refractivity contribution in [3.63, 3.8) is 0 Å². The maximum absolute atomic E-state index is 12.7. The van der Waals surface area contributed by atoms with E-state index in [1.54, 1.807) is 24.3 Å². The van der Waals surface area contributed by atoms with E-state index in [0.29, 0.717) is 5.56 Å². The van der Waals surface area contributed by atoms with Gasteiger partial charge in [0, 0.05) is 43.9 Å². The lowest BCUT2D eigenvalue weighted by molar-refractivity contribution is -0.127. The molecule has 0 spiro atoms. The Hall–Kier alpha value is -1.99. The van der Waals surface area contributed by atoms with Crippen LogP contribution in [0.1, 0.15) is 32.3 Å². The molecule has 0 aliphatic carbocycles. The number of alkyl halides is 2. The van der Waals surface area contributed by atoms with Gasteiger partial charge < -0.3 is 14.4 Å². The van der Waals surface area contributed by atoms with Gasteiger partial charge in [0.25, 0.3) is 0 Å². The van der Waals surface area contributed by atoms with Crippen molar-refractivity contribution < 1.29 is 23.0 Å². The first-order valence-electron chi connectivity index (χ1n) is 9.82. The van der Waals surface area contributed by atoms with Crippen LogP contribution in [-0.4, -0.2) is 66.7 Å². The Morgan fingerprint density at radius 3 is 2.71 bits per heavy atom. The van der Waals surface area contributed by atoms with Crippen molar-refractivity contribution >= 4 is 12.0 Å². The maximum atomic E-state index is 12.7. The van der Waals surface area contributed by atoms with Crippen LogP contribution >= 0.6 is 0 Å². The van der Waals surface area contributed by atoms with Crippen LogP contribution in [-0.2, 0) is 9.53 Å². The van der Waals surface area contributed by atoms with Gasteiger partial charge >= 0.3 is 6.61 Å². The number of benzene rings is 1. The molecule has 0 radical (unpaired) electrons. The first-order chi connectivity index (χ1) is 13.4. The summed E-state index contributed by atoms with van der Waals surface area (Å²) in [5.74, 6) is -0.0282. The van der Waals surface area contributed by atoms with Crippen molar-refractivity contribution in [2.75, 3.05) is 26.2 Å². The second kappa shape index (κ2) is 9.47. The number of hydrogen-bond donors (Lipinski definition) is 0. The highest BCUT2D eigenvalue weighted by Gasteiger charge is 2.31. The number of carbonyl (C=O) groups excluding carboxylic acids is 1. The molecule has 0 saturated carbocycles. The zero-order chi connectivity index (χ0) is 20.1. The van der Waals surface area contributed by atoms with Gasteiger partial charge in [0.05, 0.1) is 12.2 Å². The Labute approximate surface area is 164 Å². The third-order valence-electron chi connectivity index (χ3n) is 5.16. The van der Waals surface area contributed by atoms with Gasteiger partial charge in [-0.1, -0.05) is 18.2 Å². The number of nitrogens with zero attached hydrogens (tertiary/aromatic N) is 2. The average Bonchev–Trinajstić information content (AvgIpc) is 3.07. The van der Waals surface area contributed by atoms with Crippen LogP contribution in [0.4, 0.5) is 8.78 Å². The van der Waals surface area contributed by atoms with E-state index < -0.39 is 6.61 Å². The molecule has 3 atom stereocenters. The van der Waals surface area contributed by atoms with Gasteiger partial charge in [0.15, 0.2) is 0 Å². The van der Waals surface area contributed by atoms with Gasteiger partial charge in [0.1, 0.15) is 5.75 Å². The number of amides is 1. The molecule has 0 N–H and O–H groups in total. The fraction of sp³-hybridized carbons (Fsp3) is 0.571. The summed E-state index contributed by atoms with van der Waals surface area (Å²) in [4.78, 5) is 17.0. The normalized spacial score (nSPS) is 26.3. The fourth-order valence-electron chi connectivity index (χ4n) is 4.13. The van der Waals surface area contributed by atoms with E-state index in [-0.39, 0.29) is 29.9 Å². The van der Waals surface area contributed by atoms with E-state index in [2.05, 4.69) is 23.5 Å². The molecular weight excluding hydrogens is 366 g/mol. The highest BCUT2D eigenvalue weighted by Crippen LogP contribution is 2.24. The zero-order valence-corrected chi connectivity index (χ0v) is 16.4. The van der Waals surface area contributed by atoms with E-state index in [1.807, 2.05) is 4.90 Å². The van der Waals surface area contributed by atoms with Crippen molar-refractivity contribution in [3.8, 4) is 5.75 Å². The summed E-state index contributed by atoms with van der Waals surface area (Å²) in [5, 5.41) is 0. The Morgan fingerprint density at radius 2 is 2.00 bits per heavy atom. The number of hydrogen-bond acceptors (Lipinski definition) is 4. The number of rotatable bonds is 6. The molecule has 0 bridgehead atoms. The van der Waals surface area contributed by atoms with Crippen LogP contribution in [0.2, 0.25) is 0 Å². The van der Waals surface area contributed by atoms with Crippen molar-refractivity contribution in [3.05, 3.63) is 35.9 Å². The molecule has 3 unspecified atom stereocenters. The van der Waals surface area contributed by atoms with E-state index in [4.69, 9.17) is 4.74 Å². The minimum atomic E-state index is -2.90. The lowest BCUT2D eigenvalue weighted by Crippen LogP contribution is -2.50. The highest BCUT2D eigenvalue weighted by molar-refractivity contribution is 5.92. The van der Waals surface area contributed by atoms with Crippen LogP contribution in [0.25, 0.3) is 6.08 Å². The van der Waals surface area contributed by atoms with Crippen molar-refractivity contribution in [2.24, 2.45) is 0 Å². The molecule has 28 heavy (non-hydrogen) atoms. The standard InChI is InChI=1S/C21H28F2N2O3/c1-15-12-24(13-16(2)27-15)14-18-7-5-11-25(18)20(26)10-9-17-6-3-4-8-19(17)28-21(22)23/h3-4,6,8-10,15-16,18,21H,5,7,11-14H2,1-2H3/b10-9+. The topological polar surface area (TPSA) is 42.0 Å². The van der Waals surface area contributed by atoms with Crippen molar-refractivity contribution in [1.29, 1.82) is 0 Å². The van der Waals surface area contributed by atoms with Crippen LogP contribution in [0, 0.1) is 0 Å². The van der Waals surface area contributed by atoms with Crippen molar-refractivity contribution in [1.82, 2.24) is 9.80 Å². The van der Waals surface area contributed by atoms with E-state index >= 15 is 0 Å². The molecule has 1 aromatic rings. The quantitative estimate of drug-likeness (QED) is 0.694. The van der Waals surface area contributed by atoms with E-state index in [9.17, 15) is 13.6 Å². The minimum Gasteiger partial charge on any atom is -0.434 e. The number of para-hydroxylation sites is 1. The third kappa shape index (κ3) is 5.52. The number of morpholine rings is 1. The fourth-order valence-corrected chi connectivity index (χ4v) is 4.13. The number of likely N-dealkylation sites (tertiary alicyclic amines) is 1. The Balaban J connectivity index is 1.63. The molecule has 5 nitrogen and oxygen atoms in total. The summed E-state index contributed by atoms with van der Waals surface area (Å²) in [6.07, 6.45) is 5.35. The van der Waals surface area contributed by atoms with Gasteiger partial charge in [-0.05, 0) is 38.8 Å².